The minimum absolute atomic E-state index is 0.117. The predicted molar refractivity (Wildman–Crippen MR) is 116 cm³/mol. The van der Waals surface area contributed by atoms with Crippen molar-refractivity contribution in [2.45, 2.75) is 6.61 Å². The smallest absolute Gasteiger partial charge is 0.187 e. The highest BCUT2D eigenvalue weighted by Crippen LogP contribution is 2.23. The van der Waals surface area contributed by atoms with Crippen LogP contribution in [0.3, 0.4) is 0 Å². The fourth-order valence-electron chi connectivity index (χ4n) is 2.37. The summed E-state index contributed by atoms with van der Waals surface area (Å²) in [6.07, 6.45) is 3.07. The summed E-state index contributed by atoms with van der Waals surface area (Å²) in [5.41, 5.74) is 2.24. The highest BCUT2D eigenvalue weighted by molar-refractivity contribution is 6.35. The molecule has 0 atom stereocenters. The maximum absolute atomic E-state index is 12.2. The summed E-state index contributed by atoms with van der Waals surface area (Å²) in [6.45, 7) is 0.314. The second-order valence-electron chi connectivity index (χ2n) is 5.90. The summed E-state index contributed by atoms with van der Waals surface area (Å²) in [4.78, 5) is 12.2. The Morgan fingerprint density at radius 1 is 0.893 bits per heavy atom. The summed E-state index contributed by atoms with van der Waals surface area (Å²) in [6, 6.07) is 19.4. The van der Waals surface area contributed by atoms with E-state index in [0.717, 1.165) is 11.3 Å². The number of ether oxygens (including phenoxy) is 1. The molecule has 142 valence electrons. The minimum Gasteiger partial charge on any atom is -0.489 e. The van der Waals surface area contributed by atoms with E-state index >= 15 is 0 Å². The molecule has 0 radical (unpaired) electrons. The van der Waals surface area contributed by atoms with Gasteiger partial charge >= 0.3 is 0 Å². The maximum Gasteiger partial charge on any atom is 0.187 e. The average Bonchev–Trinajstić information content (AvgIpc) is 2.69. The number of ketones is 1. The van der Waals surface area contributed by atoms with Gasteiger partial charge in [-0.3, -0.25) is 4.79 Å². The van der Waals surface area contributed by atoms with Gasteiger partial charge in [0.15, 0.2) is 5.78 Å². The van der Waals surface area contributed by atoms with Gasteiger partial charge < -0.3 is 10.1 Å². The predicted octanol–water partition coefficient (Wildman–Crippen LogP) is 7.03. The van der Waals surface area contributed by atoms with E-state index in [9.17, 15) is 4.79 Å². The van der Waals surface area contributed by atoms with Crippen molar-refractivity contribution in [2.75, 3.05) is 5.32 Å². The molecule has 0 bridgehead atoms. The number of halogens is 3. The van der Waals surface area contributed by atoms with Gasteiger partial charge in [-0.25, -0.2) is 0 Å². The van der Waals surface area contributed by atoms with Crippen molar-refractivity contribution < 1.29 is 9.53 Å². The van der Waals surface area contributed by atoms with Crippen molar-refractivity contribution >= 4 is 46.3 Å². The van der Waals surface area contributed by atoms with Crippen LogP contribution in [0, 0.1) is 0 Å². The van der Waals surface area contributed by atoms with Gasteiger partial charge in [0.1, 0.15) is 12.4 Å². The monoisotopic (exact) mass is 431 g/mol. The number of carbonyl (C=O) groups is 1. The van der Waals surface area contributed by atoms with Crippen LogP contribution >= 0.6 is 34.8 Å². The molecule has 0 aliphatic heterocycles. The SMILES string of the molecule is O=C(/C=C/Nc1ccc(Cl)cc1)c1ccc(OCc2ccc(Cl)cc2Cl)cc1. The second kappa shape index (κ2) is 9.65. The number of allylic oxidation sites excluding steroid dienone is 1. The second-order valence-corrected chi connectivity index (χ2v) is 7.18. The van der Waals surface area contributed by atoms with Crippen LogP contribution in [0.2, 0.25) is 15.1 Å². The molecule has 0 saturated heterocycles. The Morgan fingerprint density at radius 2 is 1.57 bits per heavy atom. The van der Waals surface area contributed by atoms with Gasteiger partial charge in [0.2, 0.25) is 0 Å². The van der Waals surface area contributed by atoms with Crippen LogP contribution < -0.4 is 10.1 Å². The van der Waals surface area contributed by atoms with Crippen molar-refractivity contribution in [3.63, 3.8) is 0 Å². The average molecular weight is 433 g/mol. The first-order valence-electron chi connectivity index (χ1n) is 8.41. The van der Waals surface area contributed by atoms with Crippen LogP contribution in [0.15, 0.2) is 79.0 Å². The van der Waals surface area contributed by atoms with Crippen molar-refractivity contribution in [3.05, 3.63) is 105 Å². The summed E-state index contributed by atoms with van der Waals surface area (Å²) in [7, 11) is 0. The number of rotatable bonds is 7. The van der Waals surface area contributed by atoms with Gasteiger partial charge in [-0.05, 0) is 60.7 Å². The summed E-state index contributed by atoms with van der Waals surface area (Å²) < 4.78 is 5.72. The molecule has 0 amide bonds. The lowest BCUT2D eigenvalue weighted by Crippen LogP contribution is -1.98. The first-order valence-corrected chi connectivity index (χ1v) is 9.54. The zero-order valence-corrected chi connectivity index (χ0v) is 16.9. The Hall–Kier alpha value is -2.46. The molecule has 3 rings (SSSR count). The lowest BCUT2D eigenvalue weighted by Gasteiger charge is -2.08. The topological polar surface area (TPSA) is 38.3 Å². The van der Waals surface area contributed by atoms with Gasteiger partial charge in [-0.2, -0.15) is 0 Å². The molecule has 0 aromatic heterocycles. The zero-order valence-electron chi connectivity index (χ0n) is 14.7. The van der Waals surface area contributed by atoms with Crippen LogP contribution in [-0.4, -0.2) is 5.78 Å². The molecule has 6 heteroatoms. The molecule has 0 heterocycles. The van der Waals surface area contributed by atoms with E-state index in [0.29, 0.717) is 33.0 Å². The number of nitrogens with one attached hydrogen (secondary N) is 1. The van der Waals surface area contributed by atoms with Gasteiger partial charge in [0.25, 0.3) is 0 Å². The first-order chi connectivity index (χ1) is 13.5. The molecule has 28 heavy (non-hydrogen) atoms. The fourth-order valence-corrected chi connectivity index (χ4v) is 2.96. The van der Waals surface area contributed by atoms with Gasteiger partial charge in [0, 0.05) is 44.2 Å². The summed E-state index contributed by atoms with van der Waals surface area (Å²) in [5, 5.41) is 4.82. The van der Waals surface area contributed by atoms with Crippen molar-refractivity contribution in [1.29, 1.82) is 0 Å². The number of hydrogen-bond acceptors (Lipinski definition) is 3. The number of hydrogen-bond donors (Lipinski definition) is 1. The molecule has 3 aromatic rings. The molecule has 0 saturated carbocycles. The Morgan fingerprint density at radius 3 is 2.25 bits per heavy atom. The maximum atomic E-state index is 12.2. The third kappa shape index (κ3) is 5.77. The van der Waals surface area contributed by atoms with Crippen LogP contribution in [0.1, 0.15) is 15.9 Å². The standard InChI is InChI=1S/C22H16Cl3NO2/c23-17-5-7-19(8-6-17)26-12-11-22(27)15-2-9-20(10-3-15)28-14-16-1-4-18(24)13-21(16)25/h1-13,26H,14H2/b12-11+. The third-order valence-electron chi connectivity index (χ3n) is 3.88. The molecule has 0 unspecified atom stereocenters. The van der Waals surface area contributed by atoms with Crippen LogP contribution in [-0.2, 0) is 6.61 Å². The highest BCUT2D eigenvalue weighted by Gasteiger charge is 2.05. The minimum atomic E-state index is -0.117. The molecule has 0 aliphatic carbocycles. The van der Waals surface area contributed by atoms with Crippen molar-refractivity contribution in [3.8, 4) is 5.75 Å². The Kier molecular flexibility index (Phi) is 6.99. The van der Waals surface area contributed by atoms with E-state index < -0.39 is 0 Å². The molecule has 0 fully saturated rings. The molecular formula is C22H16Cl3NO2. The normalized spacial score (nSPS) is 10.8. The Labute approximate surface area is 178 Å². The molecule has 3 nitrogen and oxygen atoms in total. The van der Waals surface area contributed by atoms with E-state index in [2.05, 4.69) is 5.32 Å². The van der Waals surface area contributed by atoms with E-state index in [1.807, 2.05) is 18.2 Å². The summed E-state index contributed by atoms with van der Waals surface area (Å²) >= 11 is 17.9. The highest BCUT2D eigenvalue weighted by atomic mass is 35.5. The molecule has 0 aliphatic rings. The van der Waals surface area contributed by atoms with Gasteiger partial charge in [0.05, 0.1) is 0 Å². The molecule has 3 aromatic carbocycles. The Bertz CT molecular complexity index is 984. The van der Waals surface area contributed by atoms with Crippen LogP contribution in [0.25, 0.3) is 0 Å². The number of benzene rings is 3. The van der Waals surface area contributed by atoms with Crippen LogP contribution in [0.4, 0.5) is 5.69 Å². The quantitative estimate of drug-likeness (QED) is 0.321. The van der Waals surface area contributed by atoms with E-state index in [1.165, 1.54) is 6.08 Å². The van der Waals surface area contributed by atoms with E-state index in [-0.39, 0.29) is 5.78 Å². The number of carbonyl (C=O) groups excluding carboxylic acids is 1. The summed E-state index contributed by atoms with van der Waals surface area (Å²) in [5.74, 6) is 0.527. The zero-order chi connectivity index (χ0) is 19.9. The fraction of sp³-hybridized carbons (Fsp3) is 0.0455. The van der Waals surface area contributed by atoms with E-state index in [1.54, 1.807) is 54.7 Å². The van der Waals surface area contributed by atoms with Crippen molar-refractivity contribution in [1.82, 2.24) is 0 Å². The van der Waals surface area contributed by atoms with Crippen molar-refractivity contribution in [2.24, 2.45) is 0 Å². The first kappa shape index (κ1) is 20.3. The molecule has 1 N–H and O–H groups in total. The molecular weight excluding hydrogens is 417 g/mol. The lowest BCUT2D eigenvalue weighted by molar-refractivity contribution is 0.104. The third-order valence-corrected chi connectivity index (χ3v) is 4.72. The number of anilines is 1. The molecule has 0 spiro atoms. The Balaban J connectivity index is 1.54. The van der Waals surface area contributed by atoms with Gasteiger partial charge in [-0.1, -0.05) is 40.9 Å². The lowest BCUT2D eigenvalue weighted by atomic mass is 10.1. The van der Waals surface area contributed by atoms with Crippen LogP contribution in [0.5, 0.6) is 5.75 Å². The van der Waals surface area contributed by atoms with E-state index in [4.69, 9.17) is 39.5 Å². The largest absolute Gasteiger partial charge is 0.489 e. The van der Waals surface area contributed by atoms with Gasteiger partial charge in [-0.15, -0.1) is 0 Å².